The topological polar surface area (TPSA) is 40.9 Å². The molecule has 2 nitrogen and oxygen atoms in total. The van der Waals surface area contributed by atoms with Crippen molar-refractivity contribution in [1.29, 1.82) is 5.26 Å². The predicted octanol–water partition coefficient (Wildman–Crippen LogP) is 2.36. The number of nitriles is 1. The van der Waals surface area contributed by atoms with Gasteiger partial charge in [-0.1, -0.05) is 6.42 Å². The molecule has 0 amide bonds. The summed E-state index contributed by atoms with van der Waals surface area (Å²) in [6, 6.07) is 2.00. The lowest BCUT2D eigenvalue weighted by Crippen LogP contribution is -2.03. The van der Waals surface area contributed by atoms with E-state index in [9.17, 15) is 4.79 Å². The van der Waals surface area contributed by atoms with Gasteiger partial charge in [0.15, 0.2) is 5.78 Å². The van der Waals surface area contributed by atoms with Crippen molar-refractivity contribution in [2.45, 2.75) is 39.0 Å². The lowest BCUT2D eigenvalue weighted by atomic mass is 9.90. The van der Waals surface area contributed by atoms with Gasteiger partial charge >= 0.3 is 0 Å². The largest absolute Gasteiger partial charge is 0.294 e. The highest BCUT2D eigenvalue weighted by Crippen LogP contribution is 2.25. The predicted molar refractivity (Wildman–Crippen MR) is 46.4 cm³/mol. The van der Waals surface area contributed by atoms with E-state index in [0.29, 0.717) is 5.57 Å². The first-order valence-electron chi connectivity index (χ1n) is 4.38. The third-order valence-electron chi connectivity index (χ3n) is 2.27. The standard InChI is InChI=1S/C10H13NO/c1-8(12)10(7-11)9-5-3-2-4-6-9/h2-6H2,1H3. The van der Waals surface area contributed by atoms with Gasteiger partial charge in [0, 0.05) is 0 Å². The fraction of sp³-hybridized carbons (Fsp3) is 0.600. The Morgan fingerprint density at radius 1 is 1.33 bits per heavy atom. The van der Waals surface area contributed by atoms with Crippen molar-refractivity contribution in [3.63, 3.8) is 0 Å². The number of ketones is 1. The van der Waals surface area contributed by atoms with Crippen LogP contribution >= 0.6 is 0 Å². The van der Waals surface area contributed by atoms with Crippen LogP contribution in [-0.2, 0) is 4.79 Å². The minimum atomic E-state index is -0.0746. The molecule has 0 unspecified atom stereocenters. The molecule has 0 aromatic carbocycles. The number of hydrogen-bond donors (Lipinski definition) is 0. The molecule has 0 aliphatic heterocycles. The van der Waals surface area contributed by atoms with Gasteiger partial charge in [0.1, 0.15) is 6.07 Å². The molecule has 0 aromatic heterocycles. The summed E-state index contributed by atoms with van der Waals surface area (Å²) in [6.45, 7) is 1.47. The summed E-state index contributed by atoms with van der Waals surface area (Å²) in [5.41, 5.74) is 1.49. The Bertz CT molecular complexity index is 250. The summed E-state index contributed by atoms with van der Waals surface area (Å²) in [6.07, 6.45) is 5.40. The Morgan fingerprint density at radius 3 is 2.33 bits per heavy atom. The molecule has 1 saturated carbocycles. The van der Waals surface area contributed by atoms with Crippen molar-refractivity contribution in [3.05, 3.63) is 11.1 Å². The van der Waals surface area contributed by atoms with E-state index in [0.717, 1.165) is 31.3 Å². The highest BCUT2D eigenvalue weighted by molar-refractivity contribution is 5.97. The van der Waals surface area contributed by atoms with E-state index < -0.39 is 0 Å². The Labute approximate surface area is 72.9 Å². The van der Waals surface area contributed by atoms with Gasteiger partial charge in [0.25, 0.3) is 0 Å². The van der Waals surface area contributed by atoms with E-state index >= 15 is 0 Å². The first kappa shape index (κ1) is 8.99. The van der Waals surface area contributed by atoms with Crippen LogP contribution in [-0.4, -0.2) is 5.78 Å². The molecule has 1 aliphatic rings. The maximum Gasteiger partial charge on any atom is 0.170 e. The SMILES string of the molecule is CC(=O)C(C#N)=C1CCCCC1. The molecule has 0 saturated heterocycles. The van der Waals surface area contributed by atoms with Crippen LogP contribution in [0.15, 0.2) is 11.1 Å². The van der Waals surface area contributed by atoms with Gasteiger partial charge in [0.2, 0.25) is 0 Å². The number of nitrogens with zero attached hydrogens (tertiary/aromatic N) is 1. The summed E-state index contributed by atoms with van der Waals surface area (Å²) < 4.78 is 0. The fourth-order valence-corrected chi connectivity index (χ4v) is 1.64. The molecule has 1 rings (SSSR count). The summed E-state index contributed by atoms with van der Waals surface area (Å²) in [5.74, 6) is -0.0746. The van der Waals surface area contributed by atoms with Gasteiger partial charge in [-0.15, -0.1) is 0 Å². The molecule has 0 aromatic rings. The molecule has 2 heteroatoms. The number of allylic oxidation sites excluding steroid dienone is 2. The molecule has 0 heterocycles. The Kier molecular flexibility index (Phi) is 3.04. The van der Waals surface area contributed by atoms with E-state index in [2.05, 4.69) is 0 Å². The van der Waals surface area contributed by atoms with Crippen LogP contribution in [0.1, 0.15) is 39.0 Å². The second-order valence-electron chi connectivity index (χ2n) is 3.21. The van der Waals surface area contributed by atoms with Crippen LogP contribution in [0.4, 0.5) is 0 Å². The lowest BCUT2D eigenvalue weighted by molar-refractivity contribution is -0.113. The molecule has 0 atom stereocenters. The lowest BCUT2D eigenvalue weighted by Gasteiger charge is -2.14. The van der Waals surface area contributed by atoms with Crippen LogP contribution in [0.25, 0.3) is 0 Å². The zero-order valence-corrected chi connectivity index (χ0v) is 7.39. The average molecular weight is 163 g/mol. The molecule has 1 fully saturated rings. The third kappa shape index (κ3) is 1.94. The average Bonchev–Trinajstić information content (AvgIpc) is 2.07. The number of rotatable bonds is 1. The van der Waals surface area contributed by atoms with Gasteiger partial charge in [-0.25, -0.2) is 0 Å². The number of carbonyl (C=O) groups excluding carboxylic acids is 1. The summed E-state index contributed by atoms with van der Waals surface area (Å²) in [7, 11) is 0. The Hall–Kier alpha value is -1.10. The van der Waals surface area contributed by atoms with E-state index in [-0.39, 0.29) is 5.78 Å². The van der Waals surface area contributed by atoms with Gasteiger partial charge in [-0.2, -0.15) is 5.26 Å². The zero-order valence-electron chi connectivity index (χ0n) is 7.39. The highest BCUT2D eigenvalue weighted by atomic mass is 16.1. The molecular formula is C10H13NO. The Morgan fingerprint density at radius 2 is 1.92 bits per heavy atom. The van der Waals surface area contributed by atoms with Crippen LogP contribution < -0.4 is 0 Å². The smallest absolute Gasteiger partial charge is 0.170 e. The highest BCUT2D eigenvalue weighted by Gasteiger charge is 2.13. The van der Waals surface area contributed by atoms with Gasteiger partial charge < -0.3 is 0 Å². The quantitative estimate of drug-likeness (QED) is 0.440. The molecule has 1 aliphatic carbocycles. The minimum Gasteiger partial charge on any atom is -0.294 e. The Balaban J connectivity index is 2.84. The van der Waals surface area contributed by atoms with Gasteiger partial charge in [0.05, 0.1) is 5.57 Å². The zero-order chi connectivity index (χ0) is 8.97. The molecule has 64 valence electrons. The van der Waals surface area contributed by atoms with Gasteiger partial charge in [-0.05, 0) is 38.2 Å². The second-order valence-corrected chi connectivity index (χ2v) is 3.21. The molecule has 0 radical (unpaired) electrons. The van der Waals surface area contributed by atoms with Crippen molar-refractivity contribution in [1.82, 2.24) is 0 Å². The van der Waals surface area contributed by atoms with E-state index in [1.54, 1.807) is 0 Å². The van der Waals surface area contributed by atoms with E-state index in [4.69, 9.17) is 5.26 Å². The van der Waals surface area contributed by atoms with Crippen LogP contribution in [0, 0.1) is 11.3 Å². The van der Waals surface area contributed by atoms with Crippen molar-refractivity contribution >= 4 is 5.78 Å². The van der Waals surface area contributed by atoms with Crippen molar-refractivity contribution in [2.75, 3.05) is 0 Å². The summed E-state index contributed by atoms with van der Waals surface area (Å²) in [5, 5.41) is 8.72. The normalized spacial score (nSPS) is 16.8. The van der Waals surface area contributed by atoms with E-state index in [1.165, 1.54) is 13.3 Å². The molecular weight excluding hydrogens is 150 g/mol. The molecule has 12 heavy (non-hydrogen) atoms. The number of hydrogen-bond acceptors (Lipinski definition) is 2. The maximum absolute atomic E-state index is 11.0. The molecule has 0 spiro atoms. The van der Waals surface area contributed by atoms with E-state index in [1.807, 2.05) is 6.07 Å². The summed E-state index contributed by atoms with van der Waals surface area (Å²) >= 11 is 0. The van der Waals surface area contributed by atoms with Crippen molar-refractivity contribution < 1.29 is 4.79 Å². The first-order chi connectivity index (χ1) is 5.75. The number of carbonyl (C=O) groups is 1. The second kappa shape index (κ2) is 4.06. The summed E-state index contributed by atoms with van der Waals surface area (Å²) in [4.78, 5) is 11.0. The minimum absolute atomic E-state index is 0.0746. The van der Waals surface area contributed by atoms with Crippen LogP contribution in [0.5, 0.6) is 0 Å². The van der Waals surface area contributed by atoms with Crippen LogP contribution in [0.3, 0.4) is 0 Å². The van der Waals surface area contributed by atoms with Crippen LogP contribution in [0.2, 0.25) is 0 Å². The first-order valence-corrected chi connectivity index (χ1v) is 4.38. The monoisotopic (exact) mass is 163 g/mol. The third-order valence-corrected chi connectivity index (χ3v) is 2.27. The van der Waals surface area contributed by atoms with Crippen molar-refractivity contribution in [2.24, 2.45) is 0 Å². The fourth-order valence-electron chi connectivity index (χ4n) is 1.64. The molecule has 0 N–H and O–H groups in total. The maximum atomic E-state index is 11.0. The molecule has 0 bridgehead atoms. The van der Waals surface area contributed by atoms with Gasteiger partial charge in [-0.3, -0.25) is 4.79 Å². The number of Topliss-reactive ketones (excluding diaryl/α,β-unsaturated/α-hetero) is 1. The van der Waals surface area contributed by atoms with Crippen molar-refractivity contribution in [3.8, 4) is 6.07 Å².